The summed E-state index contributed by atoms with van der Waals surface area (Å²) >= 11 is 0. The largest absolute Gasteiger partial charge is 0.409 e. The van der Waals surface area contributed by atoms with Crippen molar-refractivity contribution in [3.63, 3.8) is 0 Å². The maximum Gasteiger partial charge on any atom is 0.409 e. The van der Waals surface area contributed by atoms with Crippen molar-refractivity contribution >= 4 is 23.2 Å². The highest BCUT2D eigenvalue weighted by Gasteiger charge is 2.60. The minimum Gasteiger partial charge on any atom is -0.381 e. The van der Waals surface area contributed by atoms with Crippen molar-refractivity contribution in [2.24, 2.45) is 5.73 Å². The molecule has 216 valence electrons. The van der Waals surface area contributed by atoms with Crippen LogP contribution in [0.15, 0.2) is 18.5 Å². The molecule has 4 aliphatic rings. The number of urea groups is 1. The van der Waals surface area contributed by atoms with E-state index in [9.17, 15) is 22.4 Å². The van der Waals surface area contributed by atoms with Gasteiger partial charge in [-0.1, -0.05) is 0 Å². The molecule has 2 aromatic rings. The smallest absolute Gasteiger partial charge is 0.381 e. The Bertz CT molecular complexity index is 1310. The van der Waals surface area contributed by atoms with Crippen LogP contribution in [0, 0.1) is 5.41 Å². The van der Waals surface area contributed by atoms with Gasteiger partial charge in [0.15, 0.2) is 0 Å². The topological polar surface area (TPSA) is 139 Å². The Morgan fingerprint density at radius 2 is 1.85 bits per heavy atom. The molecule has 0 bridgehead atoms. The van der Waals surface area contributed by atoms with Crippen molar-refractivity contribution in [1.82, 2.24) is 25.0 Å². The van der Waals surface area contributed by atoms with Gasteiger partial charge >= 0.3 is 12.2 Å². The van der Waals surface area contributed by atoms with Crippen LogP contribution < -0.4 is 16.4 Å². The first-order chi connectivity index (χ1) is 18.9. The number of aromatic nitrogens is 3. The predicted octanol–water partition coefficient (Wildman–Crippen LogP) is 4.23. The standard InChI is InChI=1S/C26H33F4N9O/c27-23(4-3-5-23)13-34-17-10-18(33-11-16(17)21(31)38-14-25(32,15-38)26(28,29)30)20-19(12-35-37-20)36-22(40)39-9-2-1-6-24(39)7-8-24/h10-12,31H,1-9,13-15,32H2,(H,33,34)(H,35,37)(H,36,40). The monoisotopic (exact) mass is 563 g/mol. The highest BCUT2D eigenvalue weighted by molar-refractivity contribution is 6.02. The van der Waals surface area contributed by atoms with Gasteiger partial charge in [0.25, 0.3) is 0 Å². The number of rotatable bonds is 6. The quantitative estimate of drug-likeness (QED) is 0.203. The minimum absolute atomic E-state index is 0.0102. The fourth-order valence-corrected chi connectivity index (χ4v) is 5.90. The molecular weight excluding hydrogens is 530 g/mol. The number of carbonyl (C=O) groups excluding carboxylic acids is 1. The summed E-state index contributed by atoms with van der Waals surface area (Å²) in [6.45, 7) is -0.428. The van der Waals surface area contributed by atoms with Gasteiger partial charge in [-0.05, 0) is 57.4 Å². The predicted molar refractivity (Wildman–Crippen MR) is 141 cm³/mol. The summed E-state index contributed by atoms with van der Waals surface area (Å²) < 4.78 is 54.7. The Hall–Kier alpha value is -3.42. The first-order valence-corrected chi connectivity index (χ1v) is 13.7. The molecule has 2 saturated heterocycles. The Morgan fingerprint density at radius 3 is 2.50 bits per heavy atom. The van der Waals surface area contributed by atoms with Crippen molar-refractivity contribution in [3.8, 4) is 11.4 Å². The summed E-state index contributed by atoms with van der Waals surface area (Å²) in [5.41, 5.74) is 3.48. The molecule has 6 rings (SSSR count). The number of carbonyl (C=O) groups is 1. The summed E-state index contributed by atoms with van der Waals surface area (Å²) in [5.74, 6) is -0.189. The van der Waals surface area contributed by atoms with Crippen LogP contribution in [0.4, 0.5) is 33.7 Å². The zero-order valence-corrected chi connectivity index (χ0v) is 22.0. The molecule has 0 unspecified atom stereocenters. The molecule has 0 aromatic carbocycles. The van der Waals surface area contributed by atoms with Crippen LogP contribution in [0.5, 0.6) is 0 Å². The average molecular weight is 564 g/mol. The Labute approximate surface area is 228 Å². The molecular formula is C26H33F4N9O. The normalized spacial score (nSPS) is 22.3. The zero-order valence-electron chi connectivity index (χ0n) is 22.0. The van der Waals surface area contributed by atoms with Crippen molar-refractivity contribution in [3.05, 3.63) is 24.0 Å². The highest BCUT2D eigenvalue weighted by Crippen LogP contribution is 2.48. The number of nitrogens with two attached hydrogens (primary N) is 1. The molecule has 2 saturated carbocycles. The maximum atomic E-state index is 14.9. The summed E-state index contributed by atoms with van der Waals surface area (Å²) in [5, 5.41) is 21.5. The van der Waals surface area contributed by atoms with E-state index in [1.54, 1.807) is 6.07 Å². The average Bonchev–Trinajstić information content (AvgIpc) is 3.48. The fourth-order valence-electron chi connectivity index (χ4n) is 5.90. The second-order valence-electron chi connectivity index (χ2n) is 11.8. The molecule has 10 nitrogen and oxygen atoms in total. The number of likely N-dealkylation sites (tertiary alicyclic amines) is 2. The number of halogens is 4. The number of anilines is 2. The third-order valence-electron chi connectivity index (χ3n) is 8.89. The van der Waals surface area contributed by atoms with Crippen molar-refractivity contribution in [1.29, 1.82) is 5.41 Å². The molecule has 40 heavy (non-hydrogen) atoms. The fraction of sp³-hybridized carbons (Fsp3) is 0.615. The minimum atomic E-state index is -4.59. The lowest BCUT2D eigenvalue weighted by Crippen LogP contribution is -2.75. The number of hydrogen-bond acceptors (Lipinski definition) is 6. The van der Waals surface area contributed by atoms with E-state index in [0.29, 0.717) is 42.1 Å². The van der Waals surface area contributed by atoms with Gasteiger partial charge in [0.2, 0.25) is 0 Å². The van der Waals surface area contributed by atoms with Crippen molar-refractivity contribution in [2.75, 3.05) is 36.8 Å². The summed E-state index contributed by atoms with van der Waals surface area (Å²) in [4.78, 5) is 20.7. The van der Waals surface area contributed by atoms with Crippen LogP contribution in [0.2, 0.25) is 0 Å². The zero-order chi connectivity index (χ0) is 28.3. The van der Waals surface area contributed by atoms with Gasteiger partial charge in [0.05, 0.1) is 23.1 Å². The van der Waals surface area contributed by atoms with E-state index < -0.39 is 30.5 Å². The molecule has 0 atom stereocenters. The molecule has 0 radical (unpaired) electrons. The number of piperidine rings is 1. The summed E-state index contributed by atoms with van der Waals surface area (Å²) in [7, 11) is 0. The maximum absolute atomic E-state index is 14.9. The molecule has 4 heterocycles. The van der Waals surface area contributed by atoms with E-state index in [1.807, 2.05) is 4.90 Å². The first kappa shape index (κ1) is 26.8. The molecule has 4 fully saturated rings. The third-order valence-corrected chi connectivity index (χ3v) is 8.89. The van der Waals surface area contributed by atoms with Crippen LogP contribution in [0.3, 0.4) is 0 Å². The SMILES string of the molecule is N=C(c1cnc(-c2[nH]ncc2NC(=O)N2CCCCC23CC3)cc1NCC1(F)CCC1)N1CC(N)(C(F)(F)F)C1. The Kier molecular flexibility index (Phi) is 6.24. The van der Waals surface area contributed by atoms with E-state index in [2.05, 4.69) is 25.8 Å². The van der Waals surface area contributed by atoms with E-state index in [-0.39, 0.29) is 29.5 Å². The third kappa shape index (κ3) is 4.65. The Balaban J connectivity index is 1.24. The Morgan fingerprint density at radius 1 is 1.10 bits per heavy atom. The molecule has 1 spiro atoms. The van der Waals surface area contributed by atoms with Crippen LogP contribution in [0.25, 0.3) is 11.4 Å². The van der Waals surface area contributed by atoms with Gasteiger partial charge in [-0.25, -0.2) is 9.18 Å². The summed E-state index contributed by atoms with van der Waals surface area (Å²) in [6, 6.07) is 1.39. The number of aromatic amines is 1. The van der Waals surface area contributed by atoms with Crippen LogP contribution in [-0.4, -0.2) is 85.9 Å². The molecule has 6 N–H and O–H groups in total. The molecule has 2 aromatic heterocycles. The molecule has 2 amide bonds. The molecule has 2 aliphatic heterocycles. The van der Waals surface area contributed by atoms with E-state index in [4.69, 9.17) is 11.1 Å². The number of amidine groups is 1. The number of nitrogens with zero attached hydrogens (tertiary/aromatic N) is 4. The lowest BCUT2D eigenvalue weighted by atomic mass is 9.82. The van der Waals surface area contributed by atoms with Crippen molar-refractivity contribution < 1.29 is 22.4 Å². The van der Waals surface area contributed by atoms with Crippen LogP contribution in [-0.2, 0) is 0 Å². The van der Waals surface area contributed by atoms with Gasteiger partial charge in [-0.15, -0.1) is 0 Å². The first-order valence-electron chi connectivity index (χ1n) is 13.7. The second-order valence-corrected chi connectivity index (χ2v) is 11.8. The van der Waals surface area contributed by atoms with Crippen LogP contribution in [0.1, 0.15) is 56.9 Å². The summed E-state index contributed by atoms with van der Waals surface area (Å²) in [6.07, 6.45) is 4.95. The number of alkyl halides is 4. The van der Waals surface area contributed by atoms with Gasteiger partial charge < -0.3 is 26.2 Å². The number of nitrogens with one attached hydrogen (secondary N) is 4. The number of pyridine rings is 1. The van der Waals surface area contributed by atoms with Crippen molar-refractivity contribution in [2.45, 2.75) is 74.3 Å². The van der Waals surface area contributed by atoms with Gasteiger partial charge in [0, 0.05) is 43.6 Å². The molecule has 2 aliphatic carbocycles. The van der Waals surface area contributed by atoms with Gasteiger partial charge in [-0.3, -0.25) is 15.5 Å². The highest BCUT2D eigenvalue weighted by atomic mass is 19.4. The lowest BCUT2D eigenvalue weighted by molar-refractivity contribution is -0.213. The van der Waals surface area contributed by atoms with Gasteiger partial charge in [0.1, 0.15) is 22.7 Å². The molecule has 14 heteroatoms. The van der Waals surface area contributed by atoms with Gasteiger partial charge in [-0.2, -0.15) is 18.3 Å². The number of hydrogen-bond donors (Lipinski definition) is 5. The van der Waals surface area contributed by atoms with E-state index in [1.165, 1.54) is 17.3 Å². The van der Waals surface area contributed by atoms with E-state index >= 15 is 0 Å². The second kappa shape index (κ2) is 9.32. The van der Waals surface area contributed by atoms with Crippen LogP contribution >= 0.6 is 0 Å². The lowest BCUT2D eigenvalue weighted by Gasteiger charge is -2.49. The number of H-pyrrole nitrogens is 1. The van der Waals surface area contributed by atoms with E-state index in [0.717, 1.165) is 38.5 Å². The number of amides is 2.